The van der Waals surface area contributed by atoms with Gasteiger partial charge in [0.15, 0.2) is 0 Å². The van der Waals surface area contributed by atoms with Crippen LogP contribution in [0, 0.1) is 0 Å². The number of nitrogens with one attached hydrogen (secondary N) is 1. The maximum Gasteiger partial charge on any atom is 0.203 e. The molecule has 1 fully saturated rings. The second-order valence-electron chi connectivity index (χ2n) is 5.23. The summed E-state index contributed by atoms with van der Waals surface area (Å²) in [6.07, 6.45) is 10.6. The summed E-state index contributed by atoms with van der Waals surface area (Å²) in [5.41, 5.74) is 0. The second-order valence-corrected chi connectivity index (χ2v) is 5.23. The number of aromatic nitrogens is 2. The van der Waals surface area contributed by atoms with E-state index < -0.39 is 0 Å². The molecule has 17 heavy (non-hydrogen) atoms. The van der Waals surface area contributed by atoms with Gasteiger partial charge in [0.2, 0.25) is 5.95 Å². The lowest BCUT2D eigenvalue weighted by molar-refractivity contribution is 0.383. The van der Waals surface area contributed by atoms with Crippen molar-refractivity contribution in [2.45, 2.75) is 44.7 Å². The van der Waals surface area contributed by atoms with Gasteiger partial charge in [-0.05, 0) is 26.9 Å². The van der Waals surface area contributed by atoms with Crippen LogP contribution in [0.15, 0.2) is 12.4 Å². The zero-order valence-electron chi connectivity index (χ0n) is 11.0. The summed E-state index contributed by atoms with van der Waals surface area (Å²) < 4.78 is 2.22. The van der Waals surface area contributed by atoms with Gasteiger partial charge in [-0.15, -0.1) is 0 Å². The van der Waals surface area contributed by atoms with Crippen molar-refractivity contribution in [1.29, 1.82) is 0 Å². The maximum absolute atomic E-state index is 4.42. The topological polar surface area (TPSA) is 33.1 Å². The van der Waals surface area contributed by atoms with Crippen molar-refractivity contribution in [3.63, 3.8) is 0 Å². The van der Waals surface area contributed by atoms with E-state index >= 15 is 0 Å². The van der Waals surface area contributed by atoms with Crippen LogP contribution < -0.4 is 5.32 Å². The Hall–Kier alpha value is -1.03. The predicted molar refractivity (Wildman–Crippen MR) is 71.3 cm³/mol. The van der Waals surface area contributed by atoms with Crippen LogP contribution in [0.5, 0.6) is 0 Å². The van der Waals surface area contributed by atoms with E-state index in [0.29, 0.717) is 6.04 Å². The maximum atomic E-state index is 4.42. The summed E-state index contributed by atoms with van der Waals surface area (Å²) in [4.78, 5) is 6.62. The molecule has 1 heterocycles. The standard InChI is InChI=1S/C13H24N4/c1-16(2)10-11-17-9-8-14-13(17)15-12-6-4-3-5-7-12/h8-9,12H,3-7,10-11H2,1-2H3,(H,14,15). The quantitative estimate of drug-likeness (QED) is 0.850. The van der Waals surface area contributed by atoms with Crippen molar-refractivity contribution in [2.24, 2.45) is 0 Å². The number of imidazole rings is 1. The summed E-state index contributed by atoms with van der Waals surface area (Å²) in [5, 5.41) is 3.59. The molecule has 1 aliphatic rings. The van der Waals surface area contributed by atoms with Crippen molar-refractivity contribution in [3.8, 4) is 0 Å². The molecular formula is C13H24N4. The molecule has 0 radical (unpaired) electrons. The van der Waals surface area contributed by atoms with Gasteiger partial charge >= 0.3 is 0 Å². The number of hydrogen-bond acceptors (Lipinski definition) is 3. The van der Waals surface area contributed by atoms with Crippen LogP contribution >= 0.6 is 0 Å². The first-order valence-electron chi connectivity index (χ1n) is 6.68. The monoisotopic (exact) mass is 236 g/mol. The average Bonchev–Trinajstić information content (AvgIpc) is 2.75. The minimum atomic E-state index is 0.629. The van der Waals surface area contributed by atoms with Gasteiger partial charge in [0, 0.05) is 31.5 Å². The van der Waals surface area contributed by atoms with Crippen LogP contribution in [-0.2, 0) is 6.54 Å². The van der Waals surface area contributed by atoms with Crippen LogP contribution in [0.4, 0.5) is 5.95 Å². The summed E-state index contributed by atoms with van der Waals surface area (Å²) in [5.74, 6) is 1.04. The molecule has 1 aromatic heterocycles. The molecule has 1 aliphatic carbocycles. The third-order valence-electron chi connectivity index (χ3n) is 3.44. The Kier molecular flexibility index (Phi) is 4.42. The number of likely N-dealkylation sites (N-methyl/N-ethyl adjacent to an activating group) is 1. The Morgan fingerprint density at radius 3 is 2.82 bits per heavy atom. The predicted octanol–water partition coefficient (Wildman–Crippen LogP) is 2.19. The fourth-order valence-corrected chi connectivity index (χ4v) is 2.37. The highest BCUT2D eigenvalue weighted by molar-refractivity contribution is 5.27. The Labute approximate surface area is 104 Å². The molecule has 0 saturated heterocycles. The lowest BCUT2D eigenvalue weighted by Crippen LogP contribution is -2.25. The molecule has 96 valence electrons. The molecule has 1 saturated carbocycles. The second kappa shape index (κ2) is 6.05. The molecule has 1 N–H and O–H groups in total. The highest BCUT2D eigenvalue weighted by atomic mass is 15.2. The number of nitrogens with zero attached hydrogens (tertiary/aromatic N) is 3. The van der Waals surface area contributed by atoms with Crippen molar-refractivity contribution in [3.05, 3.63) is 12.4 Å². The zero-order chi connectivity index (χ0) is 12.1. The number of hydrogen-bond donors (Lipinski definition) is 1. The molecular weight excluding hydrogens is 212 g/mol. The van der Waals surface area contributed by atoms with E-state index in [1.807, 2.05) is 6.20 Å². The van der Waals surface area contributed by atoms with E-state index in [4.69, 9.17) is 0 Å². The summed E-state index contributed by atoms with van der Waals surface area (Å²) in [7, 11) is 4.20. The van der Waals surface area contributed by atoms with E-state index in [-0.39, 0.29) is 0 Å². The third kappa shape index (κ3) is 3.73. The smallest absolute Gasteiger partial charge is 0.203 e. The van der Waals surface area contributed by atoms with Gasteiger partial charge in [-0.1, -0.05) is 19.3 Å². The molecule has 0 spiro atoms. The lowest BCUT2D eigenvalue weighted by atomic mass is 9.96. The van der Waals surface area contributed by atoms with E-state index in [9.17, 15) is 0 Å². The lowest BCUT2D eigenvalue weighted by Gasteiger charge is -2.24. The van der Waals surface area contributed by atoms with Gasteiger partial charge < -0.3 is 14.8 Å². The first-order chi connectivity index (χ1) is 8.25. The van der Waals surface area contributed by atoms with Gasteiger partial charge in [-0.3, -0.25) is 0 Å². The van der Waals surface area contributed by atoms with Crippen LogP contribution in [0.25, 0.3) is 0 Å². The van der Waals surface area contributed by atoms with Crippen molar-refractivity contribution in [1.82, 2.24) is 14.5 Å². The molecule has 1 aromatic rings. The van der Waals surface area contributed by atoms with Gasteiger partial charge in [-0.25, -0.2) is 4.98 Å². The van der Waals surface area contributed by atoms with E-state index in [1.54, 1.807) is 0 Å². The Morgan fingerprint density at radius 1 is 1.35 bits per heavy atom. The number of anilines is 1. The first kappa shape index (κ1) is 12.4. The Balaban J connectivity index is 1.88. The van der Waals surface area contributed by atoms with E-state index in [2.05, 4.69) is 40.1 Å². The highest BCUT2D eigenvalue weighted by Crippen LogP contribution is 2.20. The fourth-order valence-electron chi connectivity index (χ4n) is 2.37. The molecule has 4 heteroatoms. The van der Waals surface area contributed by atoms with Crippen LogP contribution in [0.3, 0.4) is 0 Å². The molecule has 4 nitrogen and oxygen atoms in total. The van der Waals surface area contributed by atoms with Crippen LogP contribution in [0.2, 0.25) is 0 Å². The Bertz CT molecular complexity index is 326. The molecule has 0 aromatic carbocycles. The minimum absolute atomic E-state index is 0.629. The van der Waals surface area contributed by atoms with Gasteiger partial charge in [0.25, 0.3) is 0 Å². The summed E-state index contributed by atoms with van der Waals surface area (Å²) in [6.45, 7) is 2.05. The SMILES string of the molecule is CN(C)CCn1ccnc1NC1CCCCC1. The Morgan fingerprint density at radius 2 is 2.12 bits per heavy atom. The first-order valence-corrected chi connectivity index (χ1v) is 6.68. The molecule has 2 rings (SSSR count). The molecule has 0 amide bonds. The molecule has 0 atom stereocenters. The number of rotatable bonds is 5. The third-order valence-corrected chi connectivity index (χ3v) is 3.44. The molecule has 0 unspecified atom stereocenters. The summed E-state index contributed by atoms with van der Waals surface area (Å²) >= 11 is 0. The zero-order valence-corrected chi connectivity index (χ0v) is 11.0. The van der Waals surface area contributed by atoms with Crippen molar-refractivity contribution >= 4 is 5.95 Å². The summed E-state index contributed by atoms with van der Waals surface area (Å²) in [6, 6.07) is 0.629. The minimum Gasteiger partial charge on any atom is -0.353 e. The van der Waals surface area contributed by atoms with E-state index in [0.717, 1.165) is 19.0 Å². The van der Waals surface area contributed by atoms with Crippen LogP contribution in [-0.4, -0.2) is 41.1 Å². The van der Waals surface area contributed by atoms with Crippen LogP contribution in [0.1, 0.15) is 32.1 Å². The molecule has 0 bridgehead atoms. The highest BCUT2D eigenvalue weighted by Gasteiger charge is 2.14. The fraction of sp³-hybridized carbons (Fsp3) is 0.769. The van der Waals surface area contributed by atoms with Crippen molar-refractivity contribution in [2.75, 3.05) is 26.0 Å². The van der Waals surface area contributed by atoms with E-state index in [1.165, 1.54) is 32.1 Å². The van der Waals surface area contributed by atoms with Crippen molar-refractivity contribution < 1.29 is 0 Å². The van der Waals surface area contributed by atoms with Gasteiger partial charge in [0.05, 0.1) is 0 Å². The average molecular weight is 236 g/mol. The largest absolute Gasteiger partial charge is 0.353 e. The molecule has 0 aliphatic heterocycles. The van der Waals surface area contributed by atoms with Gasteiger partial charge in [-0.2, -0.15) is 0 Å². The van der Waals surface area contributed by atoms with Gasteiger partial charge in [0.1, 0.15) is 0 Å². The normalized spacial score (nSPS) is 17.6.